The molecule has 0 saturated heterocycles. The number of Topliss-reactive ketones (excluding diaryl/α,β-unsaturated/α-hetero) is 1. The minimum absolute atomic E-state index is 0.000887. The number of ether oxygens (including phenoxy) is 1. The first-order valence-electron chi connectivity index (χ1n) is 7.77. The maximum Gasteiger partial charge on any atom is 0.239 e. The fourth-order valence-electron chi connectivity index (χ4n) is 2.29. The van der Waals surface area contributed by atoms with Crippen LogP contribution in [0.3, 0.4) is 0 Å². The van der Waals surface area contributed by atoms with Gasteiger partial charge in [-0.05, 0) is 30.2 Å². The Morgan fingerprint density at radius 1 is 1.04 bits per heavy atom. The predicted octanol–water partition coefficient (Wildman–Crippen LogP) is 2.76. The summed E-state index contributed by atoms with van der Waals surface area (Å²) in [4.78, 5) is 23.3. The highest BCUT2D eigenvalue weighted by molar-refractivity contribution is 5.95. The van der Waals surface area contributed by atoms with E-state index in [9.17, 15) is 9.59 Å². The molecular weight excluding hydrogens is 304 g/mol. The van der Waals surface area contributed by atoms with Gasteiger partial charge in [-0.2, -0.15) is 0 Å². The van der Waals surface area contributed by atoms with Crippen molar-refractivity contribution < 1.29 is 14.3 Å². The second-order valence-corrected chi connectivity index (χ2v) is 5.52. The molecule has 24 heavy (non-hydrogen) atoms. The van der Waals surface area contributed by atoms with E-state index in [0.29, 0.717) is 18.7 Å². The highest BCUT2D eigenvalue weighted by atomic mass is 16.5. The van der Waals surface area contributed by atoms with E-state index in [-0.39, 0.29) is 18.2 Å². The second kappa shape index (κ2) is 8.84. The van der Waals surface area contributed by atoms with Gasteiger partial charge in [0.05, 0.1) is 13.2 Å². The lowest BCUT2D eigenvalue weighted by Crippen LogP contribution is -2.29. The van der Waals surface area contributed by atoms with Crippen molar-refractivity contribution in [1.82, 2.24) is 5.32 Å². The van der Waals surface area contributed by atoms with Gasteiger partial charge in [-0.3, -0.25) is 9.59 Å². The molecular formula is C19H22N2O3. The lowest BCUT2D eigenvalue weighted by Gasteiger charge is -2.09. The first-order valence-corrected chi connectivity index (χ1v) is 7.77. The van der Waals surface area contributed by atoms with Gasteiger partial charge in [-0.25, -0.2) is 0 Å². The van der Waals surface area contributed by atoms with E-state index in [4.69, 9.17) is 4.74 Å². The Bertz CT molecular complexity index is 713. The van der Waals surface area contributed by atoms with Gasteiger partial charge >= 0.3 is 0 Å². The largest absolute Gasteiger partial charge is 0.380 e. The summed E-state index contributed by atoms with van der Waals surface area (Å²) < 4.78 is 5.10. The molecule has 0 spiro atoms. The summed E-state index contributed by atoms with van der Waals surface area (Å²) >= 11 is 0. The molecule has 0 unspecified atom stereocenters. The molecule has 0 atom stereocenters. The Morgan fingerprint density at radius 2 is 1.79 bits per heavy atom. The maximum atomic E-state index is 12.0. The molecule has 2 rings (SSSR count). The Balaban J connectivity index is 1.82. The van der Waals surface area contributed by atoms with Gasteiger partial charge in [0.2, 0.25) is 5.91 Å². The molecule has 2 aromatic rings. The molecule has 1 amide bonds. The molecule has 2 N–H and O–H groups in total. The number of carbonyl (C=O) groups excluding carboxylic acids is 2. The van der Waals surface area contributed by atoms with Gasteiger partial charge in [-0.1, -0.05) is 36.4 Å². The molecule has 0 fully saturated rings. The van der Waals surface area contributed by atoms with Crippen LogP contribution in [0, 0.1) is 0 Å². The average molecular weight is 326 g/mol. The van der Waals surface area contributed by atoms with Crippen LogP contribution in [0.2, 0.25) is 0 Å². The fraction of sp³-hybridized carbons (Fsp3) is 0.263. The first kappa shape index (κ1) is 17.7. The van der Waals surface area contributed by atoms with Crippen LogP contribution in [0.25, 0.3) is 0 Å². The maximum absolute atomic E-state index is 12.0. The van der Waals surface area contributed by atoms with Crippen molar-refractivity contribution in [2.75, 3.05) is 19.0 Å². The molecule has 5 heteroatoms. The average Bonchev–Trinajstić information content (AvgIpc) is 2.59. The SMILES string of the molecule is COCc1cccc(CNC(=O)CNc2cccc(C(C)=O)c2)c1. The Kier molecular flexibility index (Phi) is 6.51. The molecule has 0 heterocycles. The smallest absolute Gasteiger partial charge is 0.239 e. The molecule has 0 aliphatic heterocycles. The molecule has 2 aromatic carbocycles. The van der Waals surface area contributed by atoms with E-state index in [1.54, 1.807) is 25.3 Å². The summed E-state index contributed by atoms with van der Waals surface area (Å²) in [6, 6.07) is 15.0. The third-order valence-electron chi connectivity index (χ3n) is 3.51. The number of methoxy groups -OCH3 is 1. The summed E-state index contributed by atoms with van der Waals surface area (Å²) in [7, 11) is 1.65. The van der Waals surface area contributed by atoms with Crippen LogP contribution >= 0.6 is 0 Å². The normalized spacial score (nSPS) is 10.2. The highest BCUT2D eigenvalue weighted by Gasteiger charge is 2.04. The van der Waals surface area contributed by atoms with E-state index >= 15 is 0 Å². The monoisotopic (exact) mass is 326 g/mol. The number of hydrogen-bond acceptors (Lipinski definition) is 4. The number of amides is 1. The number of ketones is 1. The zero-order valence-electron chi connectivity index (χ0n) is 14.0. The number of nitrogens with one attached hydrogen (secondary N) is 2. The van der Waals surface area contributed by atoms with Crippen LogP contribution in [-0.2, 0) is 22.7 Å². The lowest BCUT2D eigenvalue weighted by atomic mass is 10.1. The number of carbonyl (C=O) groups is 2. The van der Waals surface area contributed by atoms with Crippen molar-refractivity contribution in [3.05, 3.63) is 65.2 Å². The standard InChI is InChI=1S/C19H22N2O3/c1-14(22)17-7-4-8-18(10-17)20-12-19(23)21-11-15-5-3-6-16(9-15)13-24-2/h3-10,20H,11-13H2,1-2H3,(H,21,23). The summed E-state index contributed by atoms with van der Waals surface area (Å²) in [5.41, 5.74) is 3.47. The first-order chi connectivity index (χ1) is 11.6. The third-order valence-corrected chi connectivity index (χ3v) is 3.51. The number of rotatable bonds is 8. The van der Waals surface area contributed by atoms with Gasteiger partial charge in [0.1, 0.15) is 0 Å². The summed E-state index contributed by atoms with van der Waals surface area (Å²) in [5.74, 6) is -0.112. The van der Waals surface area contributed by atoms with Gasteiger partial charge in [0.25, 0.3) is 0 Å². The van der Waals surface area contributed by atoms with Crippen LogP contribution < -0.4 is 10.6 Å². The van der Waals surface area contributed by atoms with E-state index < -0.39 is 0 Å². The summed E-state index contributed by atoms with van der Waals surface area (Å²) in [6.07, 6.45) is 0. The summed E-state index contributed by atoms with van der Waals surface area (Å²) in [6.45, 7) is 2.68. The number of anilines is 1. The van der Waals surface area contributed by atoms with Gasteiger partial charge in [0, 0.05) is 24.9 Å². The fourth-order valence-corrected chi connectivity index (χ4v) is 2.29. The molecule has 0 saturated carbocycles. The van der Waals surface area contributed by atoms with Crippen LogP contribution in [0.4, 0.5) is 5.69 Å². The molecule has 0 aromatic heterocycles. The lowest BCUT2D eigenvalue weighted by molar-refractivity contribution is -0.119. The Labute approximate surface area is 142 Å². The van der Waals surface area contributed by atoms with Crippen molar-refractivity contribution in [3.63, 3.8) is 0 Å². The zero-order valence-corrected chi connectivity index (χ0v) is 14.0. The van der Waals surface area contributed by atoms with E-state index in [0.717, 1.165) is 16.8 Å². The predicted molar refractivity (Wildman–Crippen MR) is 93.9 cm³/mol. The zero-order chi connectivity index (χ0) is 17.4. The van der Waals surface area contributed by atoms with Crippen molar-refractivity contribution in [1.29, 1.82) is 0 Å². The number of hydrogen-bond donors (Lipinski definition) is 2. The molecule has 126 valence electrons. The van der Waals surface area contributed by atoms with Gasteiger partial charge < -0.3 is 15.4 Å². The van der Waals surface area contributed by atoms with Gasteiger partial charge in [-0.15, -0.1) is 0 Å². The van der Waals surface area contributed by atoms with Crippen LogP contribution in [-0.4, -0.2) is 25.3 Å². The second-order valence-electron chi connectivity index (χ2n) is 5.52. The third kappa shape index (κ3) is 5.52. The van der Waals surface area contributed by atoms with E-state index in [2.05, 4.69) is 10.6 Å². The van der Waals surface area contributed by atoms with Crippen LogP contribution in [0.5, 0.6) is 0 Å². The molecule has 0 bridgehead atoms. The minimum Gasteiger partial charge on any atom is -0.380 e. The summed E-state index contributed by atoms with van der Waals surface area (Å²) in [5, 5.41) is 5.89. The molecule has 0 aliphatic carbocycles. The quantitative estimate of drug-likeness (QED) is 0.732. The van der Waals surface area contributed by atoms with Crippen molar-refractivity contribution >= 4 is 17.4 Å². The topological polar surface area (TPSA) is 67.4 Å². The van der Waals surface area contributed by atoms with Crippen molar-refractivity contribution in [3.8, 4) is 0 Å². The molecule has 0 radical (unpaired) electrons. The minimum atomic E-state index is -0.111. The van der Waals surface area contributed by atoms with E-state index in [1.807, 2.05) is 30.3 Å². The molecule has 5 nitrogen and oxygen atoms in total. The van der Waals surface area contributed by atoms with Crippen molar-refractivity contribution in [2.24, 2.45) is 0 Å². The Hall–Kier alpha value is -2.66. The van der Waals surface area contributed by atoms with Gasteiger partial charge in [0.15, 0.2) is 5.78 Å². The number of benzene rings is 2. The van der Waals surface area contributed by atoms with Crippen LogP contribution in [0.15, 0.2) is 48.5 Å². The Morgan fingerprint density at radius 3 is 2.54 bits per heavy atom. The highest BCUT2D eigenvalue weighted by Crippen LogP contribution is 2.11. The molecule has 0 aliphatic rings. The van der Waals surface area contributed by atoms with Crippen molar-refractivity contribution in [2.45, 2.75) is 20.1 Å². The van der Waals surface area contributed by atoms with E-state index in [1.165, 1.54) is 6.92 Å². The van der Waals surface area contributed by atoms with Crippen LogP contribution in [0.1, 0.15) is 28.4 Å².